The van der Waals surface area contributed by atoms with E-state index >= 15 is 0 Å². The number of alkyl halides is 3. The van der Waals surface area contributed by atoms with Gasteiger partial charge >= 0.3 is 6.18 Å². The molecule has 1 atom stereocenters. The quantitative estimate of drug-likeness (QED) is 0.519. The number of nitrogens with zero attached hydrogens (tertiary/aromatic N) is 4. The van der Waals surface area contributed by atoms with Crippen LogP contribution in [0.5, 0.6) is 0 Å². The van der Waals surface area contributed by atoms with Crippen LogP contribution in [0.25, 0.3) is 33.1 Å². The number of nitrogen functional groups attached to an aromatic ring is 1. The number of H-pyrrole nitrogens is 1. The summed E-state index contributed by atoms with van der Waals surface area (Å²) in [6.07, 6.45) is -4.18. The van der Waals surface area contributed by atoms with Crippen molar-refractivity contribution in [1.29, 1.82) is 0 Å². The van der Waals surface area contributed by atoms with E-state index in [4.69, 9.17) is 5.73 Å². The molecule has 26 heavy (non-hydrogen) atoms. The summed E-state index contributed by atoms with van der Waals surface area (Å²) < 4.78 is 38.7. The molecule has 4 N–H and O–H groups in total. The zero-order valence-corrected chi connectivity index (χ0v) is 13.2. The fraction of sp³-hybridized carbons (Fsp3) is 0.188. The van der Waals surface area contributed by atoms with Crippen molar-refractivity contribution >= 4 is 27.6 Å². The summed E-state index contributed by atoms with van der Waals surface area (Å²) in [5, 5.41) is 21.3. The molecule has 0 bridgehead atoms. The minimum Gasteiger partial charge on any atom is -0.383 e. The lowest BCUT2D eigenvalue weighted by atomic mass is 10.1. The molecule has 0 amide bonds. The number of aromatic nitrogens is 5. The molecule has 7 nitrogen and oxygen atoms in total. The second-order valence-corrected chi connectivity index (χ2v) is 5.86. The summed E-state index contributed by atoms with van der Waals surface area (Å²) >= 11 is 0. The number of hydrogen-bond acceptors (Lipinski definition) is 5. The molecular weight excluding hydrogens is 349 g/mol. The van der Waals surface area contributed by atoms with Crippen molar-refractivity contribution in [2.45, 2.75) is 18.8 Å². The van der Waals surface area contributed by atoms with Crippen LogP contribution in [0.15, 0.2) is 36.7 Å². The van der Waals surface area contributed by atoms with Crippen LogP contribution in [0.4, 0.5) is 19.0 Å². The molecule has 134 valence electrons. The van der Waals surface area contributed by atoms with Gasteiger partial charge in [-0.25, -0.2) is 4.98 Å². The Balaban J connectivity index is 1.82. The van der Waals surface area contributed by atoms with Crippen molar-refractivity contribution in [2.75, 3.05) is 5.73 Å². The Morgan fingerprint density at radius 1 is 1.23 bits per heavy atom. The number of aliphatic hydroxyl groups excluding tert-OH is 1. The van der Waals surface area contributed by atoms with Gasteiger partial charge in [-0.05, 0) is 18.2 Å². The fourth-order valence-electron chi connectivity index (χ4n) is 2.78. The van der Waals surface area contributed by atoms with Crippen molar-refractivity contribution in [3.8, 4) is 11.3 Å². The summed E-state index contributed by atoms with van der Waals surface area (Å²) in [7, 11) is 0. The predicted molar refractivity (Wildman–Crippen MR) is 89.1 cm³/mol. The SMILES string of the molecule is Nc1nc2cc(-c3cc[nH]n3)ccc2c2nn(CC(O)C(F)(F)F)cc12. The number of anilines is 1. The molecule has 10 heteroatoms. The van der Waals surface area contributed by atoms with E-state index in [0.717, 1.165) is 15.9 Å². The van der Waals surface area contributed by atoms with E-state index in [1.165, 1.54) is 6.20 Å². The molecule has 0 saturated carbocycles. The Morgan fingerprint density at radius 2 is 2.04 bits per heavy atom. The average molecular weight is 362 g/mol. The minimum absolute atomic E-state index is 0.152. The van der Waals surface area contributed by atoms with Gasteiger partial charge < -0.3 is 10.8 Å². The molecule has 0 saturated heterocycles. The number of rotatable bonds is 3. The molecule has 0 aliphatic rings. The summed E-state index contributed by atoms with van der Waals surface area (Å²) in [6, 6.07) is 7.17. The Morgan fingerprint density at radius 3 is 2.73 bits per heavy atom. The monoisotopic (exact) mass is 362 g/mol. The summed E-state index contributed by atoms with van der Waals surface area (Å²) in [4.78, 5) is 4.32. The van der Waals surface area contributed by atoms with Crippen LogP contribution in [-0.2, 0) is 6.54 Å². The Hall–Kier alpha value is -3.14. The number of hydrogen-bond donors (Lipinski definition) is 3. The maximum Gasteiger partial charge on any atom is 0.416 e. The normalized spacial score (nSPS) is 13.5. The standard InChI is InChI=1S/C16H13F3N6O/c17-16(18,19)13(26)7-25-6-10-14(24-25)9-2-1-8(11-3-4-21-23-11)5-12(9)22-15(10)20/h1-6,13,26H,7H2,(H2,20,22)(H,21,23). The van der Waals surface area contributed by atoms with Crippen LogP contribution in [0.1, 0.15) is 0 Å². The first-order chi connectivity index (χ1) is 12.3. The van der Waals surface area contributed by atoms with Crippen molar-refractivity contribution in [1.82, 2.24) is 25.0 Å². The van der Waals surface area contributed by atoms with Gasteiger partial charge in [-0.1, -0.05) is 6.07 Å². The minimum atomic E-state index is -4.72. The molecule has 3 aromatic heterocycles. The van der Waals surface area contributed by atoms with Gasteiger partial charge in [0.05, 0.1) is 23.1 Å². The lowest BCUT2D eigenvalue weighted by Gasteiger charge is -2.13. The molecule has 4 rings (SSSR count). The van der Waals surface area contributed by atoms with E-state index in [-0.39, 0.29) is 5.82 Å². The predicted octanol–water partition coefficient (Wildman–Crippen LogP) is 2.48. The highest BCUT2D eigenvalue weighted by Gasteiger charge is 2.38. The first-order valence-corrected chi connectivity index (χ1v) is 7.64. The fourth-order valence-corrected chi connectivity index (χ4v) is 2.78. The Labute approximate surface area is 144 Å². The van der Waals surface area contributed by atoms with Gasteiger partial charge in [-0.15, -0.1) is 0 Å². The third-order valence-electron chi connectivity index (χ3n) is 4.07. The second kappa shape index (κ2) is 5.70. The average Bonchev–Trinajstić information content (AvgIpc) is 3.23. The molecule has 0 aliphatic heterocycles. The van der Waals surface area contributed by atoms with Gasteiger partial charge in [-0.2, -0.15) is 23.4 Å². The number of pyridine rings is 1. The van der Waals surface area contributed by atoms with E-state index in [1.807, 2.05) is 6.07 Å². The van der Waals surface area contributed by atoms with Gasteiger partial charge in [0.1, 0.15) is 11.3 Å². The van der Waals surface area contributed by atoms with E-state index in [0.29, 0.717) is 21.8 Å². The van der Waals surface area contributed by atoms with Crippen LogP contribution in [-0.4, -0.2) is 42.3 Å². The van der Waals surface area contributed by atoms with Crippen molar-refractivity contribution < 1.29 is 18.3 Å². The van der Waals surface area contributed by atoms with Crippen molar-refractivity contribution in [2.24, 2.45) is 0 Å². The van der Waals surface area contributed by atoms with Crippen LogP contribution in [0, 0.1) is 0 Å². The van der Waals surface area contributed by atoms with E-state index in [2.05, 4.69) is 20.3 Å². The van der Waals surface area contributed by atoms with E-state index in [9.17, 15) is 18.3 Å². The van der Waals surface area contributed by atoms with Gasteiger partial charge in [0.25, 0.3) is 0 Å². The van der Waals surface area contributed by atoms with E-state index < -0.39 is 18.8 Å². The van der Waals surface area contributed by atoms with Gasteiger partial charge in [-0.3, -0.25) is 9.78 Å². The molecular formula is C16H13F3N6O. The maximum atomic E-state index is 12.6. The first kappa shape index (κ1) is 16.3. The number of benzene rings is 1. The lowest BCUT2D eigenvalue weighted by Crippen LogP contribution is -2.32. The third kappa shape index (κ3) is 2.73. The zero-order valence-electron chi connectivity index (χ0n) is 13.2. The maximum absolute atomic E-state index is 12.6. The number of halogens is 3. The summed E-state index contributed by atoms with van der Waals surface area (Å²) in [5.41, 5.74) is 8.47. The summed E-state index contributed by atoms with van der Waals surface area (Å²) in [5.74, 6) is 0.152. The van der Waals surface area contributed by atoms with Gasteiger partial charge in [0, 0.05) is 23.3 Å². The lowest BCUT2D eigenvalue weighted by molar-refractivity contribution is -0.207. The van der Waals surface area contributed by atoms with Crippen molar-refractivity contribution in [3.05, 3.63) is 36.7 Å². The molecule has 0 radical (unpaired) electrons. The molecule has 1 unspecified atom stereocenters. The number of aliphatic hydroxyl groups is 1. The molecule has 3 heterocycles. The van der Waals surface area contributed by atoms with Crippen LogP contribution < -0.4 is 5.73 Å². The topological polar surface area (TPSA) is 106 Å². The number of nitrogens with one attached hydrogen (secondary N) is 1. The van der Waals surface area contributed by atoms with Crippen LogP contribution >= 0.6 is 0 Å². The second-order valence-electron chi connectivity index (χ2n) is 5.86. The molecule has 0 spiro atoms. The number of fused-ring (bicyclic) bond motifs is 3. The molecule has 1 aromatic carbocycles. The molecule has 0 aliphatic carbocycles. The summed E-state index contributed by atoms with van der Waals surface area (Å²) in [6.45, 7) is -0.718. The largest absolute Gasteiger partial charge is 0.416 e. The molecule has 4 aromatic rings. The number of nitrogens with two attached hydrogens (primary N) is 1. The molecule has 0 fully saturated rings. The highest BCUT2D eigenvalue weighted by Crippen LogP contribution is 2.30. The zero-order chi connectivity index (χ0) is 18.5. The smallest absolute Gasteiger partial charge is 0.383 e. The first-order valence-electron chi connectivity index (χ1n) is 7.64. The number of aromatic amines is 1. The Kier molecular flexibility index (Phi) is 3.58. The van der Waals surface area contributed by atoms with E-state index in [1.54, 1.807) is 24.4 Å². The van der Waals surface area contributed by atoms with Crippen LogP contribution in [0.2, 0.25) is 0 Å². The van der Waals surface area contributed by atoms with Crippen LogP contribution in [0.3, 0.4) is 0 Å². The van der Waals surface area contributed by atoms with Crippen molar-refractivity contribution in [3.63, 3.8) is 0 Å². The Bertz CT molecular complexity index is 1090. The van der Waals surface area contributed by atoms with Gasteiger partial charge in [0.15, 0.2) is 6.10 Å². The highest BCUT2D eigenvalue weighted by molar-refractivity contribution is 6.08. The highest BCUT2D eigenvalue weighted by atomic mass is 19.4. The van der Waals surface area contributed by atoms with Gasteiger partial charge in [0.2, 0.25) is 0 Å². The third-order valence-corrected chi connectivity index (χ3v) is 4.07.